The molecule has 1 aromatic rings. The maximum Gasteiger partial charge on any atom is 0.229 e. The molecule has 0 spiro atoms. The van der Waals surface area contributed by atoms with Crippen molar-refractivity contribution in [1.29, 1.82) is 0 Å². The fourth-order valence-electron chi connectivity index (χ4n) is 6.05. The van der Waals surface area contributed by atoms with Crippen LogP contribution >= 0.6 is 0 Å². The molecule has 1 fully saturated rings. The number of Topliss-reactive ketones (excluding diaryl/α,β-unsaturated/α-hetero) is 2. The van der Waals surface area contributed by atoms with E-state index in [9.17, 15) is 30.0 Å². The van der Waals surface area contributed by atoms with Crippen molar-refractivity contribution in [3.63, 3.8) is 0 Å². The SMILES string of the molecule is CC1(C)CC(=O)C2=C(C1)OC1=C(C(=O)CC(C)(C)C1)C2c1ccc(O[C@@H]2OC(CO)[C@@H](O)[C@@H](O)[C@H]2O)cc1. The van der Waals surface area contributed by atoms with Crippen molar-refractivity contribution in [1.82, 2.24) is 0 Å². The maximum absolute atomic E-state index is 13.4. The van der Waals surface area contributed by atoms with Gasteiger partial charge in [0.15, 0.2) is 11.6 Å². The van der Waals surface area contributed by atoms with Gasteiger partial charge in [-0.15, -0.1) is 0 Å². The van der Waals surface area contributed by atoms with Crippen molar-refractivity contribution < 1.29 is 44.2 Å². The van der Waals surface area contributed by atoms with Crippen molar-refractivity contribution in [2.24, 2.45) is 10.8 Å². The van der Waals surface area contributed by atoms with Gasteiger partial charge in [0, 0.05) is 42.7 Å². The van der Waals surface area contributed by atoms with Gasteiger partial charge in [0.2, 0.25) is 6.29 Å². The summed E-state index contributed by atoms with van der Waals surface area (Å²) in [6.45, 7) is 7.60. The van der Waals surface area contributed by atoms with Crippen LogP contribution in [-0.2, 0) is 19.1 Å². The molecule has 206 valence electrons. The van der Waals surface area contributed by atoms with Crippen LogP contribution < -0.4 is 4.74 Å². The second-order valence-corrected chi connectivity index (χ2v) is 12.5. The van der Waals surface area contributed by atoms with Gasteiger partial charge in [0.05, 0.1) is 6.61 Å². The molecule has 0 radical (unpaired) electrons. The van der Waals surface area contributed by atoms with Crippen molar-refractivity contribution in [3.05, 3.63) is 52.5 Å². The minimum atomic E-state index is -1.55. The molecule has 1 aromatic carbocycles. The van der Waals surface area contributed by atoms with Crippen LogP contribution in [0.1, 0.15) is 64.9 Å². The summed E-state index contributed by atoms with van der Waals surface area (Å²) < 4.78 is 17.5. The summed E-state index contributed by atoms with van der Waals surface area (Å²) in [4.78, 5) is 26.8. The summed E-state index contributed by atoms with van der Waals surface area (Å²) in [5.41, 5.74) is 1.35. The molecule has 5 atom stereocenters. The van der Waals surface area contributed by atoms with Crippen LogP contribution in [0.2, 0.25) is 0 Å². The molecule has 1 unspecified atom stereocenters. The number of hydrogen-bond acceptors (Lipinski definition) is 9. The molecule has 4 N–H and O–H groups in total. The first-order chi connectivity index (χ1) is 17.8. The predicted octanol–water partition coefficient (Wildman–Crippen LogP) is 2.27. The van der Waals surface area contributed by atoms with E-state index < -0.39 is 43.2 Å². The molecule has 2 aliphatic heterocycles. The molecule has 2 aliphatic carbocycles. The van der Waals surface area contributed by atoms with E-state index in [2.05, 4.69) is 0 Å². The highest BCUT2D eigenvalue weighted by atomic mass is 16.7. The van der Waals surface area contributed by atoms with Crippen LogP contribution in [0.4, 0.5) is 0 Å². The van der Waals surface area contributed by atoms with Gasteiger partial charge in [0.25, 0.3) is 0 Å². The molecule has 9 nitrogen and oxygen atoms in total. The highest BCUT2D eigenvalue weighted by Crippen LogP contribution is 2.53. The quantitative estimate of drug-likeness (QED) is 0.463. The normalized spacial score (nSPS) is 33.0. The van der Waals surface area contributed by atoms with Crippen LogP contribution in [0.15, 0.2) is 46.9 Å². The Morgan fingerprint density at radius 3 is 1.84 bits per heavy atom. The maximum atomic E-state index is 13.4. The van der Waals surface area contributed by atoms with Gasteiger partial charge in [-0.05, 0) is 28.5 Å². The van der Waals surface area contributed by atoms with Gasteiger partial charge in [-0.25, -0.2) is 0 Å². The monoisotopic (exact) mass is 528 g/mol. The lowest BCUT2D eigenvalue weighted by atomic mass is 9.65. The van der Waals surface area contributed by atoms with E-state index in [0.717, 1.165) is 5.56 Å². The summed E-state index contributed by atoms with van der Waals surface area (Å²) in [5, 5.41) is 39.8. The number of hydrogen-bond donors (Lipinski definition) is 4. The fourth-order valence-corrected chi connectivity index (χ4v) is 6.05. The fraction of sp³-hybridized carbons (Fsp3) is 0.586. The van der Waals surface area contributed by atoms with Crippen LogP contribution in [0.25, 0.3) is 0 Å². The van der Waals surface area contributed by atoms with Crippen LogP contribution in [0, 0.1) is 10.8 Å². The molecular formula is C29H36O9. The molecule has 0 aromatic heterocycles. The Morgan fingerprint density at radius 2 is 1.34 bits per heavy atom. The highest BCUT2D eigenvalue weighted by Gasteiger charge is 2.48. The number of rotatable bonds is 4. The van der Waals surface area contributed by atoms with E-state index in [1.54, 1.807) is 24.3 Å². The highest BCUT2D eigenvalue weighted by molar-refractivity contribution is 6.06. The van der Waals surface area contributed by atoms with E-state index in [0.29, 0.717) is 54.1 Å². The molecule has 1 saturated heterocycles. The zero-order valence-corrected chi connectivity index (χ0v) is 22.1. The van der Waals surface area contributed by atoms with Gasteiger partial charge in [-0.2, -0.15) is 0 Å². The zero-order valence-electron chi connectivity index (χ0n) is 22.1. The standard InChI is InChI=1S/C29H36O9/c1-28(2)9-16(31)22-18(11-28)37-19-12-29(3,4)10-17(32)23(19)21(22)14-5-7-15(8-6-14)36-27-26(35)25(34)24(33)20(13-30)38-27/h5-8,20-21,24-27,30,33-35H,9-13H2,1-4H3/t20?,24-,25-,26-,27-/m1/s1. The Labute approximate surface area is 221 Å². The number of carbonyl (C=O) groups excluding carboxylic acids is 2. The smallest absolute Gasteiger partial charge is 0.229 e. The Morgan fingerprint density at radius 1 is 0.816 bits per heavy atom. The van der Waals surface area contributed by atoms with E-state index in [1.165, 1.54) is 0 Å². The number of ketones is 2. The molecule has 0 amide bonds. The van der Waals surface area contributed by atoms with Gasteiger partial charge in [-0.3, -0.25) is 9.59 Å². The van der Waals surface area contributed by atoms with Crippen molar-refractivity contribution in [2.45, 2.75) is 90.0 Å². The second-order valence-electron chi connectivity index (χ2n) is 12.5. The Balaban J connectivity index is 1.48. The first kappa shape index (κ1) is 27.0. The van der Waals surface area contributed by atoms with E-state index in [-0.39, 0.29) is 22.4 Å². The Bertz CT molecular complexity index is 1140. The number of carbonyl (C=O) groups is 2. The Hall–Kier alpha value is -2.56. The average molecular weight is 529 g/mol. The molecule has 9 heteroatoms. The number of aliphatic hydroxyl groups excluding tert-OH is 4. The minimum Gasteiger partial charge on any atom is -0.465 e. The molecule has 0 saturated carbocycles. The third kappa shape index (κ3) is 4.82. The lowest BCUT2D eigenvalue weighted by Gasteiger charge is -2.42. The number of aliphatic hydroxyl groups is 4. The summed E-state index contributed by atoms with van der Waals surface area (Å²) in [6, 6.07) is 6.82. The van der Waals surface area contributed by atoms with Gasteiger partial charge in [0.1, 0.15) is 41.7 Å². The lowest BCUT2D eigenvalue weighted by molar-refractivity contribution is -0.277. The predicted molar refractivity (Wildman–Crippen MR) is 135 cm³/mol. The second kappa shape index (κ2) is 9.57. The van der Waals surface area contributed by atoms with Crippen molar-refractivity contribution in [2.75, 3.05) is 6.61 Å². The first-order valence-electron chi connectivity index (χ1n) is 13.1. The third-order valence-electron chi connectivity index (χ3n) is 7.90. The number of benzene rings is 1. The topological polar surface area (TPSA) is 143 Å². The minimum absolute atomic E-state index is 0.0212. The average Bonchev–Trinajstić information content (AvgIpc) is 2.82. The van der Waals surface area contributed by atoms with Gasteiger partial charge in [-0.1, -0.05) is 39.8 Å². The summed E-state index contributed by atoms with van der Waals surface area (Å²) in [5.74, 6) is 1.01. The van der Waals surface area contributed by atoms with E-state index >= 15 is 0 Å². The summed E-state index contributed by atoms with van der Waals surface area (Å²) in [6.07, 6.45) is -5.01. The molecule has 4 aliphatic rings. The van der Waals surface area contributed by atoms with Gasteiger partial charge < -0.3 is 34.6 Å². The summed E-state index contributed by atoms with van der Waals surface area (Å²) in [7, 11) is 0. The third-order valence-corrected chi connectivity index (χ3v) is 7.90. The molecule has 5 rings (SSSR count). The molecule has 0 bridgehead atoms. The zero-order chi connectivity index (χ0) is 27.6. The molecule has 38 heavy (non-hydrogen) atoms. The van der Waals surface area contributed by atoms with Crippen LogP contribution in [0.5, 0.6) is 5.75 Å². The van der Waals surface area contributed by atoms with Crippen molar-refractivity contribution >= 4 is 11.6 Å². The van der Waals surface area contributed by atoms with E-state index in [1.807, 2.05) is 27.7 Å². The summed E-state index contributed by atoms with van der Waals surface area (Å²) >= 11 is 0. The van der Waals surface area contributed by atoms with Gasteiger partial charge >= 0.3 is 0 Å². The molecule has 2 heterocycles. The first-order valence-corrected chi connectivity index (χ1v) is 13.1. The van der Waals surface area contributed by atoms with E-state index in [4.69, 9.17) is 14.2 Å². The molecular weight excluding hydrogens is 492 g/mol. The van der Waals surface area contributed by atoms with Crippen LogP contribution in [0.3, 0.4) is 0 Å². The Kier molecular flexibility index (Phi) is 6.81. The number of ether oxygens (including phenoxy) is 3. The number of allylic oxidation sites excluding steroid dienone is 4. The largest absolute Gasteiger partial charge is 0.465 e. The van der Waals surface area contributed by atoms with Crippen LogP contribution in [-0.4, -0.2) is 69.3 Å². The lowest BCUT2D eigenvalue weighted by Crippen LogP contribution is -2.60. The van der Waals surface area contributed by atoms with Crippen molar-refractivity contribution in [3.8, 4) is 5.75 Å².